The summed E-state index contributed by atoms with van der Waals surface area (Å²) in [5.41, 5.74) is 11.3. The molecule has 7 amide bonds. The van der Waals surface area contributed by atoms with Crippen LogP contribution in [-0.2, 0) is 44.8 Å². The highest BCUT2D eigenvalue weighted by Gasteiger charge is 2.37. The van der Waals surface area contributed by atoms with Crippen molar-refractivity contribution in [2.75, 3.05) is 11.5 Å². The molecule has 0 aliphatic heterocycles. The molecule has 0 saturated carbocycles. The molecule has 15 N–H and O–H groups in total. The summed E-state index contributed by atoms with van der Waals surface area (Å²) in [6, 6.07) is -6.10. The maximum atomic E-state index is 13.6. The first-order valence-corrected chi connectivity index (χ1v) is 17.5. The number of aliphatic hydroxyl groups is 3. The van der Waals surface area contributed by atoms with Crippen molar-refractivity contribution in [3.05, 3.63) is 29.8 Å². The van der Waals surface area contributed by atoms with Crippen LogP contribution in [0.3, 0.4) is 0 Å². The van der Waals surface area contributed by atoms with Gasteiger partial charge in [0.15, 0.2) is 0 Å². The van der Waals surface area contributed by atoms with Crippen LogP contribution in [0.5, 0.6) is 5.75 Å². The third-order valence-electron chi connectivity index (χ3n) is 7.57. The van der Waals surface area contributed by atoms with Crippen LogP contribution in [0, 0.1) is 0 Å². The third kappa shape index (κ3) is 15.4. The van der Waals surface area contributed by atoms with E-state index in [4.69, 9.17) is 11.5 Å². The van der Waals surface area contributed by atoms with Gasteiger partial charge in [0, 0.05) is 17.9 Å². The van der Waals surface area contributed by atoms with Gasteiger partial charge in [-0.15, -0.1) is 0 Å². The van der Waals surface area contributed by atoms with E-state index in [0.29, 0.717) is 5.56 Å². The van der Waals surface area contributed by atoms with Crippen LogP contribution in [0.1, 0.15) is 32.8 Å². The van der Waals surface area contributed by atoms with Gasteiger partial charge in [-0.1, -0.05) is 12.1 Å². The Morgan fingerprint density at radius 3 is 1.41 bits per heavy atom. The Labute approximate surface area is 320 Å². The van der Waals surface area contributed by atoms with Crippen molar-refractivity contribution in [3.63, 3.8) is 0 Å². The Bertz CT molecular complexity index is 1500. The Kier molecular flexibility index (Phi) is 19.7. The van der Waals surface area contributed by atoms with E-state index in [2.05, 4.69) is 57.2 Å². The second-order valence-corrected chi connectivity index (χ2v) is 12.9. The molecule has 0 aliphatic carbocycles. The normalized spacial score (nSPS) is 16.6. The molecule has 0 spiro atoms. The van der Waals surface area contributed by atoms with E-state index in [0.717, 1.165) is 20.8 Å². The molecule has 54 heavy (non-hydrogen) atoms. The van der Waals surface area contributed by atoms with Crippen molar-refractivity contribution in [1.82, 2.24) is 31.9 Å². The largest absolute Gasteiger partial charge is 0.508 e. The molecule has 0 radical (unpaired) electrons. The van der Waals surface area contributed by atoms with Crippen LogP contribution in [0.25, 0.3) is 0 Å². The number of nitrogens with two attached hydrogens (primary N) is 2. The summed E-state index contributed by atoms with van der Waals surface area (Å²) < 4.78 is 0. The minimum absolute atomic E-state index is 0.112. The van der Waals surface area contributed by atoms with Crippen LogP contribution >= 0.6 is 25.3 Å². The monoisotopic (exact) mass is 804 g/mol. The molecule has 0 aromatic heterocycles. The zero-order valence-electron chi connectivity index (χ0n) is 29.5. The summed E-state index contributed by atoms with van der Waals surface area (Å²) in [6.07, 6.45) is -6.00. The molecule has 0 heterocycles. The maximum Gasteiger partial charge on any atom is 0.327 e. The first kappa shape index (κ1) is 47.3. The first-order valence-electron chi connectivity index (χ1n) is 16.3. The smallest absolute Gasteiger partial charge is 0.327 e. The number of amides is 7. The van der Waals surface area contributed by atoms with E-state index in [1.54, 1.807) is 0 Å². The maximum absolute atomic E-state index is 13.6. The van der Waals surface area contributed by atoms with Gasteiger partial charge < -0.3 is 68.9 Å². The summed E-state index contributed by atoms with van der Waals surface area (Å²) in [6.45, 7) is 3.36. The van der Waals surface area contributed by atoms with E-state index in [1.165, 1.54) is 24.3 Å². The molecular formula is C31H48N8O13S2. The zero-order chi connectivity index (χ0) is 41.4. The number of carboxylic acid groups (broad SMARTS) is 1. The SMILES string of the molecule is CC(O)C(NC(=O)C(N)CS)C(=O)NC(C(=O)NC(CC(N)=O)C(=O)NC(Cc1ccc(O)cc1)C(=O)NC(C(=O)NC(CS)C(=O)O)C(C)O)C(C)O. The summed E-state index contributed by atoms with van der Waals surface area (Å²) in [5.74, 6) is -9.82. The van der Waals surface area contributed by atoms with Crippen LogP contribution < -0.4 is 43.4 Å². The third-order valence-corrected chi connectivity index (χ3v) is 8.32. The predicted molar refractivity (Wildman–Crippen MR) is 196 cm³/mol. The van der Waals surface area contributed by atoms with Crippen molar-refractivity contribution in [2.45, 2.75) is 94.2 Å². The number of benzene rings is 1. The van der Waals surface area contributed by atoms with Gasteiger partial charge in [0.1, 0.15) is 42.0 Å². The summed E-state index contributed by atoms with van der Waals surface area (Å²) in [4.78, 5) is 102. The lowest BCUT2D eigenvalue weighted by molar-refractivity contribution is -0.142. The molecular weight excluding hydrogens is 757 g/mol. The minimum Gasteiger partial charge on any atom is -0.508 e. The van der Waals surface area contributed by atoms with E-state index in [-0.39, 0.29) is 23.7 Å². The Morgan fingerprint density at radius 1 is 0.611 bits per heavy atom. The number of carboxylic acids is 1. The lowest BCUT2D eigenvalue weighted by Crippen LogP contribution is -2.63. The fraction of sp³-hybridized carbons (Fsp3) is 0.548. The standard InChI is InChI=1S/C31H48N8O13S2/c1-12(40)22(29(49)36-20(11-54)31(51)52)38-27(47)18(8-15-4-6-16(43)7-5-15)34-26(46)19(9-21(33)44)35-28(48)23(13(2)41)39-30(50)24(14(3)42)37-25(45)17(32)10-53/h4-7,12-14,17-20,22-24,40-43,53-54H,8-11,32H2,1-3H3,(H2,33,44)(H,34,46)(H,35,48)(H,36,49)(H,37,45)(H,38,47)(H,39,50)(H,51,52). The number of thiol groups is 2. The number of hydrogen-bond acceptors (Lipinski definition) is 15. The first-order chi connectivity index (χ1) is 25.1. The Balaban J connectivity index is 3.40. The predicted octanol–water partition coefficient (Wildman–Crippen LogP) is -5.87. The van der Waals surface area contributed by atoms with Gasteiger partial charge in [-0.3, -0.25) is 33.6 Å². The van der Waals surface area contributed by atoms with Gasteiger partial charge in [0.25, 0.3) is 0 Å². The van der Waals surface area contributed by atoms with E-state index >= 15 is 0 Å². The van der Waals surface area contributed by atoms with Crippen LogP contribution in [-0.4, -0.2) is 145 Å². The number of aliphatic carboxylic acids is 1. The van der Waals surface area contributed by atoms with Gasteiger partial charge in [0.05, 0.1) is 30.8 Å². The highest BCUT2D eigenvalue weighted by Crippen LogP contribution is 2.12. The minimum atomic E-state index is -1.86. The van der Waals surface area contributed by atoms with Crippen molar-refractivity contribution in [1.29, 1.82) is 0 Å². The van der Waals surface area contributed by atoms with Gasteiger partial charge in [0.2, 0.25) is 41.4 Å². The quantitative estimate of drug-likeness (QED) is 0.0486. The topological polar surface area (TPSA) is 362 Å². The summed E-state index contributed by atoms with van der Waals surface area (Å²) in [5, 5.41) is 62.9. The fourth-order valence-corrected chi connectivity index (χ4v) is 4.94. The van der Waals surface area contributed by atoms with E-state index in [9.17, 15) is 63.9 Å². The Morgan fingerprint density at radius 2 is 1.00 bits per heavy atom. The number of aliphatic hydroxyl groups excluding tert-OH is 3. The lowest BCUT2D eigenvalue weighted by atomic mass is 10.0. The van der Waals surface area contributed by atoms with Crippen molar-refractivity contribution < 1.29 is 63.9 Å². The number of primary amides is 1. The van der Waals surface area contributed by atoms with Gasteiger partial charge >= 0.3 is 5.97 Å². The van der Waals surface area contributed by atoms with Crippen LogP contribution in [0.2, 0.25) is 0 Å². The van der Waals surface area contributed by atoms with E-state index < -0.39 is 114 Å². The molecule has 0 bridgehead atoms. The van der Waals surface area contributed by atoms with Gasteiger partial charge in [-0.2, -0.15) is 25.3 Å². The number of hydrogen-bond donors (Lipinski definition) is 15. The van der Waals surface area contributed by atoms with E-state index in [1.807, 2.05) is 0 Å². The number of rotatable bonds is 22. The highest BCUT2D eigenvalue weighted by molar-refractivity contribution is 7.80. The molecule has 302 valence electrons. The summed E-state index contributed by atoms with van der Waals surface area (Å²) in [7, 11) is 0. The molecule has 1 aromatic rings. The number of carbonyl (C=O) groups excluding carboxylic acids is 7. The highest BCUT2D eigenvalue weighted by atomic mass is 32.1. The second kappa shape index (κ2) is 22.5. The Hall–Kier alpha value is -4.68. The lowest BCUT2D eigenvalue weighted by Gasteiger charge is -2.29. The number of carbonyl (C=O) groups is 8. The average molecular weight is 805 g/mol. The average Bonchev–Trinajstić information content (AvgIpc) is 3.09. The number of nitrogens with one attached hydrogen (secondary N) is 6. The molecule has 0 fully saturated rings. The zero-order valence-corrected chi connectivity index (χ0v) is 31.3. The molecule has 0 aliphatic rings. The molecule has 10 unspecified atom stereocenters. The van der Waals surface area contributed by atoms with Crippen molar-refractivity contribution in [3.8, 4) is 5.75 Å². The van der Waals surface area contributed by atoms with Crippen molar-refractivity contribution >= 4 is 72.6 Å². The van der Waals surface area contributed by atoms with Crippen molar-refractivity contribution in [2.24, 2.45) is 11.5 Å². The number of phenols is 1. The number of phenolic OH excluding ortho intramolecular Hbond substituents is 1. The second-order valence-electron chi connectivity index (χ2n) is 12.2. The molecule has 23 heteroatoms. The van der Waals surface area contributed by atoms with Gasteiger partial charge in [-0.05, 0) is 38.5 Å². The van der Waals surface area contributed by atoms with Crippen LogP contribution in [0.4, 0.5) is 0 Å². The molecule has 10 atom stereocenters. The summed E-state index contributed by atoms with van der Waals surface area (Å²) >= 11 is 7.75. The van der Waals surface area contributed by atoms with Gasteiger partial charge in [-0.25, -0.2) is 4.79 Å². The fourth-order valence-electron chi connectivity index (χ4n) is 4.52. The molecule has 1 rings (SSSR count). The van der Waals surface area contributed by atoms with Crippen LogP contribution in [0.15, 0.2) is 24.3 Å². The molecule has 0 saturated heterocycles. The number of aromatic hydroxyl groups is 1. The molecule has 21 nitrogen and oxygen atoms in total. The molecule has 1 aromatic carbocycles.